The van der Waals surface area contributed by atoms with Gasteiger partial charge in [-0.25, -0.2) is 9.36 Å². The number of amides is 4. The molecule has 0 bridgehead atoms. The van der Waals surface area contributed by atoms with Gasteiger partial charge in [-0.15, -0.1) is 0 Å². The molecule has 0 spiro atoms. The van der Waals surface area contributed by atoms with Gasteiger partial charge >= 0.3 is 13.8 Å². The molecule has 0 aromatic heterocycles. The summed E-state index contributed by atoms with van der Waals surface area (Å²) >= 11 is 1.39. The molecule has 0 rings (SSSR count). The van der Waals surface area contributed by atoms with Crippen LogP contribution in [0, 0.1) is 11.8 Å². The van der Waals surface area contributed by atoms with Crippen LogP contribution in [0.15, 0.2) is 4.99 Å². The second-order valence-electron chi connectivity index (χ2n) is 11.4. The predicted octanol–water partition coefficient (Wildman–Crippen LogP) is -1.66. The quantitative estimate of drug-likeness (QED) is 0.0262. The van der Waals surface area contributed by atoms with Gasteiger partial charge < -0.3 is 53.4 Å². The monoisotopic (exact) mass is 698 g/mol. The van der Waals surface area contributed by atoms with Crippen molar-refractivity contribution in [3.8, 4) is 0 Å². The largest absolute Gasteiger partial charge is 0.480 e. The smallest absolute Gasteiger partial charge is 0.469 e. The summed E-state index contributed by atoms with van der Waals surface area (Å²) in [7, 11) is -5.16. The number of carbonyl (C=O) groups excluding carboxylic acids is 4. The van der Waals surface area contributed by atoms with Crippen LogP contribution in [0.2, 0.25) is 0 Å². The van der Waals surface area contributed by atoms with Crippen molar-refractivity contribution in [1.82, 2.24) is 21.3 Å². The Morgan fingerprint density at radius 2 is 1.39 bits per heavy atom. The number of nitrogens with one attached hydrogen (secondary N) is 4. The van der Waals surface area contributed by atoms with Gasteiger partial charge in [-0.1, -0.05) is 27.7 Å². The number of carbonyl (C=O) groups is 5. The molecule has 20 heteroatoms. The van der Waals surface area contributed by atoms with E-state index >= 15 is 0 Å². The number of hydrogen-bond acceptors (Lipinski definition) is 10. The van der Waals surface area contributed by atoms with Crippen molar-refractivity contribution in [2.45, 2.75) is 96.6 Å². The number of nitrogens with zero attached hydrogens (tertiary/aromatic N) is 1. The second-order valence-corrected chi connectivity index (χ2v) is 13.6. The van der Waals surface area contributed by atoms with Crippen LogP contribution in [0.4, 0.5) is 0 Å². The number of carboxylic acids is 1. The molecule has 46 heavy (non-hydrogen) atoms. The van der Waals surface area contributed by atoms with E-state index in [9.17, 15) is 43.4 Å². The summed E-state index contributed by atoms with van der Waals surface area (Å²) in [4.78, 5) is 87.1. The van der Waals surface area contributed by atoms with Crippen molar-refractivity contribution in [2.24, 2.45) is 34.0 Å². The summed E-state index contributed by atoms with van der Waals surface area (Å²) in [5.74, 6) is -4.99. The first-order chi connectivity index (χ1) is 21.2. The number of thioether (sulfide) groups is 1. The van der Waals surface area contributed by atoms with Gasteiger partial charge in [-0.3, -0.25) is 28.7 Å². The molecule has 4 amide bonds. The minimum atomic E-state index is -5.16. The van der Waals surface area contributed by atoms with Gasteiger partial charge in [0.05, 0.1) is 12.1 Å². The van der Waals surface area contributed by atoms with Crippen molar-refractivity contribution in [3.63, 3.8) is 0 Å². The van der Waals surface area contributed by atoms with Gasteiger partial charge in [-0.05, 0) is 56.5 Å². The lowest BCUT2D eigenvalue weighted by Crippen LogP contribution is -2.62. The Bertz CT molecular complexity index is 1100. The van der Waals surface area contributed by atoms with Gasteiger partial charge in [-0.2, -0.15) is 11.8 Å². The normalized spacial score (nSPS) is 15.5. The summed E-state index contributed by atoms with van der Waals surface area (Å²) in [6, 6.07) is -6.53. The molecule has 0 radical (unpaired) electrons. The average Bonchev–Trinajstić information content (AvgIpc) is 2.91. The zero-order valence-corrected chi connectivity index (χ0v) is 28.8. The highest BCUT2D eigenvalue weighted by molar-refractivity contribution is 7.98. The van der Waals surface area contributed by atoms with Crippen molar-refractivity contribution in [2.75, 3.05) is 18.6 Å². The van der Waals surface area contributed by atoms with Gasteiger partial charge in [0, 0.05) is 6.54 Å². The Labute approximate surface area is 273 Å². The van der Waals surface area contributed by atoms with Gasteiger partial charge in [0.1, 0.15) is 24.2 Å². The van der Waals surface area contributed by atoms with E-state index in [1.807, 2.05) is 13.8 Å². The van der Waals surface area contributed by atoms with Gasteiger partial charge in [0.15, 0.2) is 5.96 Å². The van der Waals surface area contributed by atoms with E-state index in [2.05, 4.69) is 30.8 Å². The maximum atomic E-state index is 13.5. The highest BCUT2D eigenvalue weighted by Crippen LogP contribution is 2.38. The van der Waals surface area contributed by atoms with E-state index in [0.29, 0.717) is 12.2 Å². The van der Waals surface area contributed by atoms with Crippen LogP contribution in [0.3, 0.4) is 0 Å². The van der Waals surface area contributed by atoms with Crippen molar-refractivity contribution in [3.05, 3.63) is 0 Å². The summed E-state index contributed by atoms with van der Waals surface area (Å²) in [6.07, 6.45) is 0.819. The third-order valence-corrected chi connectivity index (χ3v) is 7.72. The highest BCUT2D eigenvalue weighted by atomic mass is 32.2. The maximum absolute atomic E-state index is 13.5. The topological polar surface area (TPSA) is 311 Å². The molecule has 0 aliphatic carbocycles. The van der Waals surface area contributed by atoms with E-state index in [1.165, 1.54) is 11.8 Å². The maximum Gasteiger partial charge on any atom is 0.469 e. The number of hydrogen-bond donors (Lipinski definition) is 10. The third-order valence-electron chi connectivity index (χ3n) is 6.47. The minimum absolute atomic E-state index is 0.0353. The number of nitrogens with two attached hydrogens (primary N) is 3. The molecular formula is C26H51N8O10PS. The predicted molar refractivity (Wildman–Crippen MR) is 173 cm³/mol. The van der Waals surface area contributed by atoms with Crippen LogP contribution in [-0.4, -0.2) is 105 Å². The molecule has 0 aromatic rings. The summed E-state index contributed by atoms with van der Waals surface area (Å²) in [5, 5.41) is 19.3. The molecule has 0 unspecified atom stereocenters. The SMILES string of the molecule is CSCC[C@H](NC(=O)[C@@H](N)CC(C)C)C(=O)N[C@H](C(=O)N[C@H](C(=O)N[C@@H](CCCN=C(N)N)C(=O)O)C(C)C)[C@@H](C)OP(=O)(O)O. The zero-order chi connectivity index (χ0) is 35.8. The van der Waals surface area contributed by atoms with E-state index in [1.54, 1.807) is 20.1 Å². The van der Waals surface area contributed by atoms with Crippen LogP contribution < -0.4 is 38.5 Å². The molecule has 18 nitrogen and oxygen atoms in total. The Balaban J connectivity index is 6.09. The van der Waals surface area contributed by atoms with E-state index in [0.717, 1.165) is 6.92 Å². The van der Waals surface area contributed by atoms with Gasteiger partial charge in [0.25, 0.3) is 0 Å². The Kier molecular flexibility index (Phi) is 19.7. The number of carboxylic acid groups (broad SMARTS) is 1. The molecule has 0 aliphatic rings. The molecule has 0 heterocycles. The van der Waals surface area contributed by atoms with Crippen LogP contribution >= 0.6 is 19.6 Å². The highest BCUT2D eigenvalue weighted by Gasteiger charge is 2.37. The molecule has 0 aliphatic heterocycles. The van der Waals surface area contributed by atoms with Crippen molar-refractivity contribution >= 4 is 55.1 Å². The average molecular weight is 699 g/mol. The fourth-order valence-electron chi connectivity index (χ4n) is 4.13. The fourth-order valence-corrected chi connectivity index (χ4v) is 5.15. The van der Waals surface area contributed by atoms with E-state index in [-0.39, 0.29) is 37.7 Å². The lowest BCUT2D eigenvalue weighted by atomic mass is 10.0. The first-order valence-electron chi connectivity index (χ1n) is 14.7. The molecule has 0 saturated heterocycles. The third kappa shape index (κ3) is 17.7. The minimum Gasteiger partial charge on any atom is -0.480 e. The summed E-state index contributed by atoms with van der Waals surface area (Å²) in [6.45, 7) is 8.12. The number of phosphoric acid groups is 1. The molecule has 0 aromatic carbocycles. The van der Waals surface area contributed by atoms with E-state index < -0.39 is 79.7 Å². The Morgan fingerprint density at radius 1 is 0.848 bits per heavy atom. The molecule has 266 valence electrons. The lowest BCUT2D eigenvalue weighted by molar-refractivity contribution is -0.143. The number of aliphatic carboxylic acids is 1. The molecule has 6 atom stereocenters. The first kappa shape index (κ1) is 43.0. The fraction of sp³-hybridized carbons (Fsp3) is 0.769. The van der Waals surface area contributed by atoms with Crippen LogP contribution in [0.25, 0.3) is 0 Å². The first-order valence-corrected chi connectivity index (χ1v) is 17.6. The number of aliphatic imine (C=N–C) groups is 1. The number of phosphoric ester groups is 1. The Hall–Kier alpha value is -2.96. The van der Waals surface area contributed by atoms with E-state index in [4.69, 9.17) is 17.2 Å². The van der Waals surface area contributed by atoms with Gasteiger partial charge in [0.2, 0.25) is 23.6 Å². The molecule has 0 fully saturated rings. The lowest BCUT2D eigenvalue weighted by Gasteiger charge is -2.30. The zero-order valence-electron chi connectivity index (χ0n) is 27.1. The molecular weight excluding hydrogens is 647 g/mol. The van der Waals surface area contributed by atoms with Crippen LogP contribution in [0.1, 0.15) is 60.3 Å². The molecule has 0 saturated carbocycles. The summed E-state index contributed by atoms with van der Waals surface area (Å²) in [5.41, 5.74) is 16.5. The number of guanidine groups is 1. The van der Waals surface area contributed by atoms with Crippen LogP contribution in [0.5, 0.6) is 0 Å². The van der Waals surface area contributed by atoms with Crippen LogP contribution in [-0.2, 0) is 33.1 Å². The summed E-state index contributed by atoms with van der Waals surface area (Å²) < 4.78 is 16.3. The van der Waals surface area contributed by atoms with Crippen molar-refractivity contribution in [1.29, 1.82) is 0 Å². The number of rotatable bonds is 22. The second kappa shape index (κ2) is 21.0. The standard InChI is InChI=1S/C26H51N8O10PS/c1-13(2)12-16(27)21(35)31-17(9-11-46-6)22(36)34-20(15(5)44-45(41,42)43)24(38)33-19(14(3)4)23(37)32-18(25(39)40)8-7-10-30-26(28)29/h13-20H,7-12,27H2,1-6H3,(H,31,35)(H,32,37)(H,33,38)(H,34,36)(H,39,40)(H4,28,29,30)(H2,41,42,43)/t15-,16+,17+,18+,19+,20+/m1/s1. The Morgan fingerprint density at radius 3 is 1.87 bits per heavy atom. The van der Waals surface area contributed by atoms with Crippen molar-refractivity contribution < 1.29 is 48.0 Å². The molecule has 13 N–H and O–H groups in total.